The lowest BCUT2D eigenvalue weighted by Crippen LogP contribution is -1.92. The van der Waals surface area contributed by atoms with E-state index in [0.717, 1.165) is 21.8 Å². The molecule has 25 heavy (non-hydrogen) atoms. The van der Waals surface area contributed by atoms with E-state index in [1.54, 1.807) is 19.2 Å². The summed E-state index contributed by atoms with van der Waals surface area (Å²) in [6.45, 7) is 4.00. The van der Waals surface area contributed by atoms with Crippen LogP contribution in [0.1, 0.15) is 19.4 Å². The molecule has 2 aromatic carbocycles. The summed E-state index contributed by atoms with van der Waals surface area (Å²) in [6, 6.07) is 19.7. The summed E-state index contributed by atoms with van der Waals surface area (Å²) in [4.78, 5) is 4.34. The van der Waals surface area contributed by atoms with Crippen molar-refractivity contribution in [2.75, 3.05) is 11.8 Å². The van der Waals surface area contributed by atoms with Gasteiger partial charge in [-0.25, -0.2) is 0 Å². The molecule has 0 saturated heterocycles. The summed E-state index contributed by atoms with van der Waals surface area (Å²) < 4.78 is 8.57. The van der Waals surface area contributed by atoms with E-state index in [9.17, 15) is 0 Å². The maximum absolute atomic E-state index is 8.93. The highest BCUT2D eigenvalue weighted by atomic mass is 32.2. The number of hydrogen-bond donors (Lipinski definition) is 2. The van der Waals surface area contributed by atoms with Gasteiger partial charge in [0.15, 0.2) is 0 Å². The van der Waals surface area contributed by atoms with Gasteiger partial charge in [-0.15, -0.1) is 0 Å². The first-order chi connectivity index (χ1) is 12.3. The van der Waals surface area contributed by atoms with Crippen molar-refractivity contribution in [3.8, 4) is 23.1 Å². The number of hydrogen-bond acceptors (Lipinski definition) is 4. The lowest BCUT2D eigenvalue weighted by atomic mass is 10.2. The van der Waals surface area contributed by atoms with Gasteiger partial charge >= 0.3 is 0 Å². The average Bonchev–Trinajstić information content (AvgIpc) is 3.17. The molecule has 0 bridgehead atoms. The SMILES string of the molecule is CC.COc1cc(C#N)ccc1NSc1c[nH]c(-c2ccccc2)c1. The van der Waals surface area contributed by atoms with Crippen molar-refractivity contribution in [3.63, 3.8) is 0 Å². The number of anilines is 1. The number of ether oxygens (including phenoxy) is 1. The van der Waals surface area contributed by atoms with E-state index in [4.69, 9.17) is 10.00 Å². The Morgan fingerprint density at radius 2 is 1.84 bits per heavy atom. The average molecular weight is 351 g/mol. The first-order valence-electron chi connectivity index (χ1n) is 8.05. The molecule has 0 amide bonds. The van der Waals surface area contributed by atoms with Gasteiger partial charge in [0.25, 0.3) is 0 Å². The maximum Gasteiger partial charge on any atom is 0.144 e. The third kappa shape index (κ3) is 4.82. The molecule has 4 nitrogen and oxygen atoms in total. The van der Waals surface area contributed by atoms with Gasteiger partial charge in [-0.2, -0.15) is 5.26 Å². The van der Waals surface area contributed by atoms with Crippen LogP contribution in [0.4, 0.5) is 5.69 Å². The van der Waals surface area contributed by atoms with E-state index < -0.39 is 0 Å². The second-order valence-corrected chi connectivity index (χ2v) is 5.73. The van der Waals surface area contributed by atoms with Crippen LogP contribution < -0.4 is 9.46 Å². The summed E-state index contributed by atoms with van der Waals surface area (Å²) in [5.41, 5.74) is 3.63. The molecule has 0 saturated carbocycles. The van der Waals surface area contributed by atoms with E-state index in [0.29, 0.717) is 11.3 Å². The molecule has 0 fully saturated rings. The van der Waals surface area contributed by atoms with E-state index in [-0.39, 0.29) is 0 Å². The van der Waals surface area contributed by atoms with Gasteiger partial charge in [0, 0.05) is 22.9 Å². The summed E-state index contributed by atoms with van der Waals surface area (Å²) in [7, 11) is 1.59. The smallest absolute Gasteiger partial charge is 0.144 e. The molecule has 1 heterocycles. The fraction of sp³-hybridized carbons (Fsp3) is 0.150. The van der Waals surface area contributed by atoms with Crippen LogP contribution in [-0.2, 0) is 0 Å². The Balaban J connectivity index is 0.00000109. The van der Waals surface area contributed by atoms with Gasteiger partial charge in [-0.3, -0.25) is 0 Å². The topological polar surface area (TPSA) is 60.8 Å². The van der Waals surface area contributed by atoms with Gasteiger partial charge in [0.2, 0.25) is 0 Å². The molecule has 5 heteroatoms. The zero-order valence-corrected chi connectivity index (χ0v) is 15.4. The highest BCUT2D eigenvalue weighted by molar-refractivity contribution is 8.00. The number of nitrogens with zero attached hydrogens (tertiary/aromatic N) is 1. The van der Waals surface area contributed by atoms with Crippen LogP contribution in [0.15, 0.2) is 65.7 Å². The van der Waals surface area contributed by atoms with E-state index >= 15 is 0 Å². The van der Waals surface area contributed by atoms with Crippen LogP contribution >= 0.6 is 11.9 Å². The van der Waals surface area contributed by atoms with E-state index in [1.165, 1.54) is 11.9 Å². The summed E-state index contributed by atoms with van der Waals surface area (Å²) >= 11 is 1.49. The Morgan fingerprint density at radius 3 is 2.52 bits per heavy atom. The predicted molar refractivity (Wildman–Crippen MR) is 105 cm³/mol. The lowest BCUT2D eigenvalue weighted by molar-refractivity contribution is 0.417. The standard InChI is InChI=1S/C18H15N3OS.C2H6/c1-22-18-9-13(11-19)7-8-16(18)21-23-15-10-17(20-12-15)14-5-3-2-4-6-14;1-2/h2-10,12,20-21H,1H3;1-2H3. The number of H-pyrrole nitrogens is 1. The number of rotatable bonds is 5. The minimum absolute atomic E-state index is 0.574. The Labute approximate surface area is 153 Å². The number of aromatic amines is 1. The van der Waals surface area contributed by atoms with Gasteiger partial charge in [0.1, 0.15) is 5.75 Å². The minimum Gasteiger partial charge on any atom is -0.495 e. The van der Waals surface area contributed by atoms with Crippen LogP contribution in [0.3, 0.4) is 0 Å². The molecule has 0 radical (unpaired) electrons. The molecule has 0 aliphatic rings. The predicted octanol–water partition coefficient (Wildman–Crippen LogP) is 5.71. The Kier molecular flexibility index (Phi) is 7.00. The van der Waals surface area contributed by atoms with Gasteiger partial charge in [0.05, 0.1) is 24.4 Å². The third-order valence-corrected chi connectivity index (χ3v) is 4.14. The van der Waals surface area contributed by atoms with Crippen molar-refractivity contribution < 1.29 is 4.74 Å². The molecule has 1 aromatic heterocycles. The van der Waals surface area contributed by atoms with Gasteiger partial charge in [-0.05, 0) is 35.7 Å². The molecule has 0 unspecified atom stereocenters. The quantitative estimate of drug-likeness (QED) is 0.578. The summed E-state index contributed by atoms with van der Waals surface area (Å²) in [5.74, 6) is 0.648. The second kappa shape index (κ2) is 9.45. The van der Waals surface area contributed by atoms with Crippen LogP contribution in [-0.4, -0.2) is 12.1 Å². The Morgan fingerprint density at radius 1 is 1.08 bits per heavy atom. The fourth-order valence-corrected chi connectivity index (χ4v) is 2.87. The highest BCUT2D eigenvalue weighted by Crippen LogP contribution is 2.31. The molecule has 0 aliphatic carbocycles. The van der Waals surface area contributed by atoms with Gasteiger partial charge in [-0.1, -0.05) is 44.2 Å². The van der Waals surface area contributed by atoms with Crippen LogP contribution in [0.25, 0.3) is 11.3 Å². The molecule has 3 rings (SSSR count). The monoisotopic (exact) mass is 351 g/mol. The van der Waals surface area contributed by atoms with E-state index in [2.05, 4.69) is 34.0 Å². The number of methoxy groups -OCH3 is 1. The normalized spacial score (nSPS) is 9.52. The summed E-state index contributed by atoms with van der Waals surface area (Å²) in [6.07, 6.45) is 1.95. The van der Waals surface area contributed by atoms with Crippen molar-refractivity contribution in [2.24, 2.45) is 0 Å². The molecule has 128 valence electrons. The lowest BCUT2D eigenvalue weighted by Gasteiger charge is -2.09. The van der Waals surface area contributed by atoms with E-state index in [1.807, 2.05) is 44.3 Å². The molecule has 3 aromatic rings. The third-order valence-electron chi connectivity index (χ3n) is 3.35. The number of nitrogens with one attached hydrogen (secondary N) is 2. The number of aromatic nitrogens is 1. The van der Waals surface area contributed by atoms with Crippen LogP contribution in [0, 0.1) is 11.3 Å². The molecule has 0 atom stereocenters. The van der Waals surface area contributed by atoms with Crippen LogP contribution in [0.2, 0.25) is 0 Å². The number of nitriles is 1. The zero-order valence-electron chi connectivity index (χ0n) is 14.5. The molecule has 0 aliphatic heterocycles. The Hall–Kier alpha value is -2.84. The minimum atomic E-state index is 0.574. The van der Waals surface area contributed by atoms with Crippen molar-refractivity contribution >= 4 is 17.6 Å². The van der Waals surface area contributed by atoms with Crippen molar-refractivity contribution in [1.29, 1.82) is 5.26 Å². The summed E-state index contributed by atoms with van der Waals surface area (Å²) in [5, 5.41) is 8.93. The van der Waals surface area contributed by atoms with Crippen molar-refractivity contribution in [2.45, 2.75) is 18.7 Å². The Bertz CT molecular complexity index is 838. The first-order valence-corrected chi connectivity index (χ1v) is 8.86. The van der Waals surface area contributed by atoms with Gasteiger partial charge < -0.3 is 14.4 Å². The van der Waals surface area contributed by atoms with Crippen molar-refractivity contribution in [3.05, 3.63) is 66.4 Å². The molecule has 0 spiro atoms. The largest absolute Gasteiger partial charge is 0.495 e. The maximum atomic E-state index is 8.93. The number of benzene rings is 2. The molecule has 2 N–H and O–H groups in total. The van der Waals surface area contributed by atoms with Crippen LogP contribution in [0.5, 0.6) is 5.75 Å². The molecular weight excluding hydrogens is 330 g/mol. The first kappa shape index (κ1) is 18.5. The fourth-order valence-electron chi connectivity index (χ4n) is 2.18. The highest BCUT2D eigenvalue weighted by Gasteiger charge is 2.06. The molecular formula is C20H21N3OS. The second-order valence-electron chi connectivity index (χ2n) is 4.85. The zero-order chi connectivity index (χ0) is 18.1. The van der Waals surface area contributed by atoms with Crippen molar-refractivity contribution in [1.82, 2.24) is 4.98 Å².